The Balaban J connectivity index is 2.05. The molecule has 5 heteroatoms. The van der Waals surface area contributed by atoms with E-state index in [0.717, 1.165) is 17.2 Å². The topological polar surface area (TPSA) is 64.3 Å². The fourth-order valence-corrected chi connectivity index (χ4v) is 1.97. The SMILES string of the molecule is COCc1ccccc1CNC(=O)c1ccc(N)c(F)c1. The van der Waals surface area contributed by atoms with Gasteiger partial charge in [0.25, 0.3) is 5.91 Å². The number of hydrogen-bond donors (Lipinski definition) is 2. The van der Waals surface area contributed by atoms with E-state index in [1.807, 2.05) is 24.3 Å². The molecule has 0 aromatic heterocycles. The van der Waals surface area contributed by atoms with Crippen LogP contribution in [0.5, 0.6) is 0 Å². The summed E-state index contributed by atoms with van der Waals surface area (Å²) in [4.78, 5) is 12.0. The standard InChI is InChI=1S/C16H17FN2O2/c1-21-10-13-5-3-2-4-12(13)9-19-16(20)11-6-7-15(18)14(17)8-11/h2-8H,9-10,18H2,1H3,(H,19,20). The van der Waals surface area contributed by atoms with Gasteiger partial charge in [0, 0.05) is 19.2 Å². The van der Waals surface area contributed by atoms with Gasteiger partial charge in [0.2, 0.25) is 0 Å². The van der Waals surface area contributed by atoms with E-state index >= 15 is 0 Å². The highest BCUT2D eigenvalue weighted by atomic mass is 19.1. The second kappa shape index (κ2) is 6.85. The van der Waals surface area contributed by atoms with Crippen molar-refractivity contribution >= 4 is 11.6 Å². The molecule has 2 aromatic carbocycles. The number of nitrogen functional groups attached to an aromatic ring is 1. The molecule has 2 rings (SSSR count). The highest BCUT2D eigenvalue weighted by Crippen LogP contribution is 2.13. The van der Waals surface area contributed by atoms with Gasteiger partial charge in [-0.3, -0.25) is 4.79 Å². The van der Waals surface area contributed by atoms with Crippen LogP contribution < -0.4 is 11.1 Å². The summed E-state index contributed by atoms with van der Waals surface area (Å²) >= 11 is 0. The van der Waals surface area contributed by atoms with Crippen molar-refractivity contribution in [3.05, 3.63) is 65.0 Å². The minimum atomic E-state index is -0.595. The maximum atomic E-state index is 13.3. The number of rotatable bonds is 5. The van der Waals surface area contributed by atoms with Gasteiger partial charge in [0.15, 0.2) is 0 Å². The van der Waals surface area contributed by atoms with Gasteiger partial charge in [0.1, 0.15) is 5.82 Å². The van der Waals surface area contributed by atoms with Crippen LogP contribution in [0, 0.1) is 5.82 Å². The second-order valence-electron chi connectivity index (χ2n) is 4.62. The lowest BCUT2D eigenvalue weighted by Gasteiger charge is -2.10. The molecule has 1 amide bonds. The number of nitrogens with two attached hydrogens (primary N) is 1. The Morgan fingerprint density at radius 2 is 1.95 bits per heavy atom. The van der Waals surface area contributed by atoms with E-state index in [2.05, 4.69) is 5.32 Å². The molecule has 0 saturated heterocycles. The van der Waals surface area contributed by atoms with Gasteiger partial charge in [-0.1, -0.05) is 24.3 Å². The number of nitrogens with one attached hydrogen (secondary N) is 1. The van der Waals surface area contributed by atoms with Crippen LogP contribution in [-0.4, -0.2) is 13.0 Å². The lowest BCUT2D eigenvalue weighted by atomic mass is 10.1. The van der Waals surface area contributed by atoms with Gasteiger partial charge >= 0.3 is 0 Å². The number of benzene rings is 2. The summed E-state index contributed by atoms with van der Waals surface area (Å²) in [6.07, 6.45) is 0. The normalized spacial score (nSPS) is 10.4. The fourth-order valence-electron chi connectivity index (χ4n) is 1.97. The van der Waals surface area contributed by atoms with Crippen LogP contribution in [0.15, 0.2) is 42.5 Å². The van der Waals surface area contributed by atoms with E-state index in [0.29, 0.717) is 13.2 Å². The summed E-state index contributed by atoms with van der Waals surface area (Å²) < 4.78 is 18.5. The number of carbonyl (C=O) groups excluding carboxylic acids is 1. The molecule has 21 heavy (non-hydrogen) atoms. The van der Waals surface area contributed by atoms with Gasteiger partial charge in [-0.15, -0.1) is 0 Å². The third-order valence-corrected chi connectivity index (χ3v) is 3.12. The molecular formula is C16H17FN2O2. The molecule has 0 aliphatic rings. The molecule has 0 atom stereocenters. The molecule has 4 nitrogen and oxygen atoms in total. The summed E-state index contributed by atoms with van der Waals surface area (Å²) in [6, 6.07) is 11.7. The van der Waals surface area contributed by atoms with E-state index in [1.54, 1.807) is 7.11 Å². The molecule has 3 N–H and O–H groups in total. The van der Waals surface area contributed by atoms with Crippen molar-refractivity contribution in [1.29, 1.82) is 0 Å². The first kappa shape index (κ1) is 15.0. The van der Waals surface area contributed by atoms with Crippen molar-refractivity contribution in [2.24, 2.45) is 0 Å². The van der Waals surface area contributed by atoms with Crippen molar-refractivity contribution in [3.8, 4) is 0 Å². The Morgan fingerprint density at radius 1 is 1.24 bits per heavy atom. The summed E-state index contributed by atoms with van der Waals surface area (Å²) in [5.41, 5.74) is 7.62. The molecule has 0 fully saturated rings. The predicted octanol–water partition coefficient (Wildman–Crippen LogP) is 2.48. The molecule has 0 bridgehead atoms. The Hall–Kier alpha value is -2.40. The minimum absolute atomic E-state index is 0.0250. The van der Waals surface area contributed by atoms with Crippen molar-refractivity contribution in [2.45, 2.75) is 13.2 Å². The third-order valence-electron chi connectivity index (χ3n) is 3.12. The average Bonchev–Trinajstić information content (AvgIpc) is 2.49. The maximum Gasteiger partial charge on any atom is 0.251 e. The minimum Gasteiger partial charge on any atom is -0.396 e. The first-order chi connectivity index (χ1) is 10.1. The smallest absolute Gasteiger partial charge is 0.251 e. The molecule has 0 aliphatic heterocycles. The van der Waals surface area contributed by atoms with Gasteiger partial charge in [-0.2, -0.15) is 0 Å². The first-order valence-electron chi connectivity index (χ1n) is 6.50. The van der Waals surface area contributed by atoms with Crippen molar-refractivity contribution in [3.63, 3.8) is 0 Å². The average molecular weight is 288 g/mol. The van der Waals surface area contributed by atoms with Gasteiger partial charge < -0.3 is 15.8 Å². The van der Waals surface area contributed by atoms with Crippen LogP contribution in [0.3, 0.4) is 0 Å². The van der Waals surface area contributed by atoms with E-state index < -0.39 is 5.82 Å². The molecule has 110 valence electrons. The molecular weight excluding hydrogens is 271 g/mol. The predicted molar refractivity (Wildman–Crippen MR) is 79.1 cm³/mol. The van der Waals surface area contributed by atoms with E-state index in [-0.39, 0.29) is 17.2 Å². The van der Waals surface area contributed by atoms with Crippen LogP contribution in [0.1, 0.15) is 21.5 Å². The summed E-state index contributed by atoms with van der Waals surface area (Å²) in [5, 5.41) is 2.76. The van der Waals surface area contributed by atoms with Crippen LogP contribution in [0.25, 0.3) is 0 Å². The lowest BCUT2D eigenvalue weighted by molar-refractivity contribution is 0.0950. The van der Waals surface area contributed by atoms with Crippen LogP contribution in [-0.2, 0) is 17.9 Å². The maximum absolute atomic E-state index is 13.3. The third kappa shape index (κ3) is 3.79. The van der Waals surface area contributed by atoms with Crippen LogP contribution in [0.2, 0.25) is 0 Å². The number of methoxy groups -OCH3 is 1. The highest BCUT2D eigenvalue weighted by Gasteiger charge is 2.09. The van der Waals surface area contributed by atoms with Gasteiger partial charge in [-0.05, 0) is 29.3 Å². The molecule has 2 aromatic rings. The molecule has 0 saturated carbocycles. The lowest BCUT2D eigenvalue weighted by Crippen LogP contribution is -2.23. The highest BCUT2D eigenvalue weighted by molar-refractivity contribution is 5.94. The van der Waals surface area contributed by atoms with Gasteiger partial charge in [-0.25, -0.2) is 4.39 Å². The van der Waals surface area contributed by atoms with Crippen molar-refractivity contribution < 1.29 is 13.9 Å². The van der Waals surface area contributed by atoms with E-state index in [9.17, 15) is 9.18 Å². The Bertz CT molecular complexity index is 644. The number of carbonyl (C=O) groups is 1. The molecule has 0 unspecified atom stereocenters. The number of ether oxygens (including phenoxy) is 1. The Kier molecular flexibility index (Phi) is 4.90. The van der Waals surface area contributed by atoms with E-state index in [4.69, 9.17) is 10.5 Å². The second-order valence-corrected chi connectivity index (χ2v) is 4.62. The van der Waals surface area contributed by atoms with Crippen LogP contribution >= 0.6 is 0 Å². The zero-order valence-corrected chi connectivity index (χ0v) is 11.7. The molecule has 0 aliphatic carbocycles. The van der Waals surface area contributed by atoms with E-state index in [1.165, 1.54) is 12.1 Å². The molecule has 0 spiro atoms. The first-order valence-corrected chi connectivity index (χ1v) is 6.50. The quantitative estimate of drug-likeness (QED) is 0.831. The van der Waals surface area contributed by atoms with Crippen molar-refractivity contribution in [2.75, 3.05) is 12.8 Å². The number of hydrogen-bond acceptors (Lipinski definition) is 3. The molecule has 0 radical (unpaired) electrons. The summed E-state index contributed by atoms with van der Waals surface area (Å²) in [7, 11) is 1.62. The van der Waals surface area contributed by atoms with Gasteiger partial charge in [0.05, 0.1) is 12.3 Å². The monoisotopic (exact) mass is 288 g/mol. The summed E-state index contributed by atoms with van der Waals surface area (Å²) in [6.45, 7) is 0.826. The zero-order chi connectivity index (χ0) is 15.2. The fraction of sp³-hybridized carbons (Fsp3) is 0.188. The summed E-state index contributed by atoms with van der Waals surface area (Å²) in [5.74, 6) is -0.941. The number of anilines is 1. The number of halogens is 1. The van der Waals surface area contributed by atoms with Crippen LogP contribution in [0.4, 0.5) is 10.1 Å². The zero-order valence-electron chi connectivity index (χ0n) is 11.7. The largest absolute Gasteiger partial charge is 0.396 e. The Labute approximate surface area is 122 Å². The Morgan fingerprint density at radius 3 is 2.62 bits per heavy atom. The molecule has 0 heterocycles. The van der Waals surface area contributed by atoms with Crippen molar-refractivity contribution in [1.82, 2.24) is 5.32 Å². The number of amides is 1.